The first kappa shape index (κ1) is 14.0. The molecule has 0 saturated heterocycles. The second-order valence-electron chi connectivity index (χ2n) is 2.83. The van der Waals surface area contributed by atoms with E-state index in [-0.39, 0.29) is 15.9 Å². The molecule has 0 aromatic carbocycles. The predicted octanol–water partition coefficient (Wildman–Crippen LogP) is 1.74. The second-order valence-corrected chi connectivity index (χ2v) is 3.86. The van der Waals surface area contributed by atoms with Crippen molar-refractivity contribution in [3.8, 4) is 5.75 Å². The van der Waals surface area contributed by atoms with Crippen LogP contribution >= 0.6 is 22.6 Å². The van der Waals surface area contributed by atoms with Crippen LogP contribution in [-0.2, 0) is 6.54 Å². The summed E-state index contributed by atoms with van der Waals surface area (Å²) in [5.41, 5.74) is 4.70. The number of carboxylic acids is 1. The summed E-state index contributed by atoms with van der Waals surface area (Å²) in [6, 6.07) is 0.860. The van der Waals surface area contributed by atoms with Gasteiger partial charge in [0.1, 0.15) is 15.0 Å². The van der Waals surface area contributed by atoms with E-state index in [4.69, 9.17) is 10.8 Å². The Hall–Kier alpha value is -1.10. The van der Waals surface area contributed by atoms with Crippen molar-refractivity contribution in [1.82, 2.24) is 4.98 Å². The SMILES string of the molecule is NCc1cc(OC(F)(F)F)c(C(=O)O)c(I)n1. The van der Waals surface area contributed by atoms with Crippen LogP contribution in [0.4, 0.5) is 13.2 Å². The lowest BCUT2D eigenvalue weighted by atomic mass is 10.2. The van der Waals surface area contributed by atoms with Crippen molar-refractivity contribution in [2.24, 2.45) is 5.73 Å². The van der Waals surface area contributed by atoms with Crippen LogP contribution < -0.4 is 10.5 Å². The first-order valence-corrected chi connectivity index (χ1v) is 5.21. The predicted molar refractivity (Wildman–Crippen MR) is 58.5 cm³/mol. The lowest BCUT2D eigenvalue weighted by Crippen LogP contribution is -2.20. The Kier molecular flexibility index (Phi) is 4.14. The molecular weight excluding hydrogens is 356 g/mol. The van der Waals surface area contributed by atoms with Crippen molar-refractivity contribution in [2.75, 3.05) is 0 Å². The van der Waals surface area contributed by atoms with E-state index in [0.717, 1.165) is 6.07 Å². The largest absolute Gasteiger partial charge is 0.573 e. The Morgan fingerprint density at radius 3 is 2.59 bits per heavy atom. The number of nitrogens with zero attached hydrogens (tertiary/aromatic N) is 1. The maximum atomic E-state index is 12.1. The molecule has 0 unspecified atom stereocenters. The van der Waals surface area contributed by atoms with Crippen molar-refractivity contribution in [1.29, 1.82) is 0 Å². The van der Waals surface area contributed by atoms with Crippen LogP contribution in [0.2, 0.25) is 0 Å². The number of halogens is 4. The summed E-state index contributed by atoms with van der Waals surface area (Å²) in [6.07, 6.45) is -4.97. The van der Waals surface area contributed by atoms with Gasteiger partial charge in [0.2, 0.25) is 0 Å². The quantitative estimate of drug-likeness (QED) is 0.632. The fraction of sp³-hybridized carbons (Fsp3) is 0.250. The van der Waals surface area contributed by atoms with E-state index in [1.165, 1.54) is 22.6 Å². The van der Waals surface area contributed by atoms with Crippen LogP contribution in [0.25, 0.3) is 0 Å². The number of pyridine rings is 1. The van der Waals surface area contributed by atoms with Crippen LogP contribution in [0.1, 0.15) is 16.1 Å². The number of carbonyl (C=O) groups is 1. The molecule has 0 atom stereocenters. The molecule has 0 bridgehead atoms. The number of aromatic nitrogens is 1. The van der Waals surface area contributed by atoms with Gasteiger partial charge in [-0.25, -0.2) is 9.78 Å². The Morgan fingerprint density at radius 1 is 1.59 bits per heavy atom. The molecule has 1 heterocycles. The van der Waals surface area contributed by atoms with E-state index in [0.29, 0.717) is 0 Å². The van der Waals surface area contributed by atoms with Crippen LogP contribution in [0.15, 0.2) is 6.07 Å². The van der Waals surface area contributed by atoms with Crippen molar-refractivity contribution in [3.63, 3.8) is 0 Å². The summed E-state index contributed by atoms with van der Waals surface area (Å²) in [5.74, 6) is -2.37. The van der Waals surface area contributed by atoms with E-state index in [1.807, 2.05) is 0 Å². The molecule has 9 heteroatoms. The molecule has 17 heavy (non-hydrogen) atoms. The summed E-state index contributed by atoms with van der Waals surface area (Å²) >= 11 is 1.51. The van der Waals surface area contributed by atoms with Crippen LogP contribution in [0, 0.1) is 3.70 Å². The summed E-state index contributed by atoms with van der Waals surface area (Å²) in [5, 5.41) is 8.78. The van der Waals surface area contributed by atoms with Gasteiger partial charge in [0.15, 0.2) is 0 Å². The second kappa shape index (κ2) is 5.04. The number of carboxylic acid groups (broad SMARTS) is 1. The smallest absolute Gasteiger partial charge is 0.477 e. The summed E-state index contributed by atoms with van der Waals surface area (Å²) in [6.45, 7) is -0.121. The molecule has 0 radical (unpaired) electrons. The molecule has 0 amide bonds. The highest BCUT2D eigenvalue weighted by atomic mass is 127. The first-order chi connectivity index (χ1) is 7.74. The van der Waals surface area contributed by atoms with Gasteiger partial charge < -0.3 is 15.6 Å². The Labute approximate surface area is 107 Å². The van der Waals surface area contributed by atoms with Gasteiger partial charge in [-0.3, -0.25) is 0 Å². The molecule has 0 spiro atoms. The standard InChI is InChI=1S/C8H6F3IN2O3/c9-8(10,11)17-4-1-3(2-13)14-6(12)5(4)7(15)16/h1H,2,13H2,(H,15,16). The van der Waals surface area contributed by atoms with Gasteiger partial charge in [-0.1, -0.05) is 0 Å². The number of aromatic carboxylic acids is 1. The zero-order valence-electron chi connectivity index (χ0n) is 8.08. The third-order valence-corrected chi connectivity index (χ3v) is 2.42. The van der Waals surface area contributed by atoms with Gasteiger partial charge in [-0.15, -0.1) is 13.2 Å². The highest BCUT2D eigenvalue weighted by molar-refractivity contribution is 14.1. The van der Waals surface area contributed by atoms with Crippen LogP contribution in [-0.4, -0.2) is 22.4 Å². The van der Waals surface area contributed by atoms with Crippen LogP contribution in [0.3, 0.4) is 0 Å². The highest BCUT2D eigenvalue weighted by Crippen LogP contribution is 2.29. The van der Waals surface area contributed by atoms with E-state index in [1.54, 1.807) is 0 Å². The van der Waals surface area contributed by atoms with Crippen molar-refractivity contribution >= 4 is 28.6 Å². The molecular formula is C8H6F3IN2O3. The minimum atomic E-state index is -4.97. The summed E-state index contributed by atoms with van der Waals surface area (Å²) in [7, 11) is 0. The monoisotopic (exact) mass is 362 g/mol. The molecule has 94 valence electrons. The Balaban J connectivity index is 3.32. The maximum absolute atomic E-state index is 12.1. The molecule has 0 fully saturated rings. The van der Waals surface area contributed by atoms with Crippen molar-refractivity contribution in [3.05, 3.63) is 21.0 Å². The van der Waals surface area contributed by atoms with E-state index in [2.05, 4.69) is 9.72 Å². The van der Waals surface area contributed by atoms with Crippen molar-refractivity contribution < 1.29 is 27.8 Å². The Bertz CT molecular complexity index is 450. The van der Waals surface area contributed by atoms with Crippen LogP contribution in [0.5, 0.6) is 5.75 Å². The molecule has 3 N–H and O–H groups in total. The molecule has 1 aromatic heterocycles. The lowest BCUT2D eigenvalue weighted by molar-refractivity contribution is -0.274. The van der Waals surface area contributed by atoms with E-state index < -0.39 is 23.6 Å². The normalized spacial score (nSPS) is 11.4. The van der Waals surface area contributed by atoms with Gasteiger partial charge in [0, 0.05) is 12.6 Å². The molecule has 0 aliphatic heterocycles. The lowest BCUT2D eigenvalue weighted by Gasteiger charge is -2.13. The summed E-state index contributed by atoms with van der Waals surface area (Å²) in [4.78, 5) is 14.5. The van der Waals surface area contributed by atoms with E-state index in [9.17, 15) is 18.0 Å². The van der Waals surface area contributed by atoms with Gasteiger partial charge in [-0.05, 0) is 22.6 Å². The number of nitrogens with two attached hydrogens (primary N) is 1. The van der Waals surface area contributed by atoms with Gasteiger partial charge >= 0.3 is 12.3 Å². The van der Waals surface area contributed by atoms with Gasteiger partial charge in [-0.2, -0.15) is 0 Å². The number of hydrogen-bond donors (Lipinski definition) is 2. The maximum Gasteiger partial charge on any atom is 0.573 e. The fourth-order valence-corrected chi connectivity index (χ4v) is 1.85. The zero-order valence-corrected chi connectivity index (χ0v) is 10.2. The minimum absolute atomic E-state index is 0.110. The minimum Gasteiger partial charge on any atom is -0.477 e. The topological polar surface area (TPSA) is 85.4 Å². The molecule has 0 aliphatic rings. The average molecular weight is 362 g/mol. The zero-order chi connectivity index (χ0) is 13.2. The number of alkyl halides is 3. The van der Waals surface area contributed by atoms with Gasteiger partial charge in [0.25, 0.3) is 0 Å². The summed E-state index contributed by atoms with van der Waals surface area (Å²) < 4.78 is 39.8. The molecule has 0 saturated carbocycles. The van der Waals surface area contributed by atoms with Crippen molar-refractivity contribution in [2.45, 2.75) is 12.9 Å². The number of ether oxygens (including phenoxy) is 1. The number of hydrogen-bond acceptors (Lipinski definition) is 4. The Morgan fingerprint density at radius 2 is 2.18 bits per heavy atom. The first-order valence-electron chi connectivity index (χ1n) is 4.13. The third kappa shape index (κ3) is 3.70. The van der Waals surface area contributed by atoms with Gasteiger partial charge in [0.05, 0.1) is 5.69 Å². The molecule has 5 nitrogen and oxygen atoms in total. The third-order valence-electron chi connectivity index (χ3n) is 1.64. The molecule has 0 aliphatic carbocycles. The molecule has 1 rings (SSSR count). The highest BCUT2D eigenvalue weighted by Gasteiger charge is 2.34. The number of rotatable bonds is 3. The average Bonchev–Trinajstić information content (AvgIpc) is 2.13. The fourth-order valence-electron chi connectivity index (χ4n) is 1.04. The van der Waals surface area contributed by atoms with E-state index >= 15 is 0 Å². The molecule has 1 aromatic rings.